The Morgan fingerprint density at radius 2 is 2.00 bits per heavy atom. The summed E-state index contributed by atoms with van der Waals surface area (Å²) in [7, 11) is -2.47. The molecule has 2 aromatic heterocycles. The Bertz CT molecular complexity index is 1270. The number of hydrogen-bond acceptors (Lipinski definition) is 7. The van der Waals surface area contributed by atoms with Crippen LogP contribution in [0.15, 0.2) is 64.3 Å². The molecular formula is C20H20N4O5S. The lowest BCUT2D eigenvalue weighted by atomic mass is 10.1. The summed E-state index contributed by atoms with van der Waals surface area (Å²) in [6.45, 7) is 2.63. The van der Waals surface area contributed by atoms with Crippen molar-refractivity contribution in [2.75, 3.05) is 18.4 Å². The Kier molecular flexibility index (Phi) is 5.32. The molecule has 0 saturated heterocycles. The van der Waals surface area contributed by atoms with Crippen molar-refractivity contribution in [3.05, 3.63) is 60.4 Å². The van der Waals surface area contributed by atoms with E-state index in [1.165, 1.54) is 13.2 Å². The smallest absolute Gasteiger partial charge is 0.266 e. The summed E-state index contributed by atoms with van der Waals surface area (Å²) in [5.74, 6) is 0.735. The fourth-order valence-electron chi connectivity index (χ4n) is 3.12. The van der Waals surface area contributed by atoms with E-state index in [9.17, 15) is 8.42 Å². The maximum Gasteiger partial charge on any atom is 0.266 e. The number of sulfonamides is 1. The zero-order valence-corrected chi connectivity index (χ0v) is 17.2. The summed E-state index contributed by atoms with van der Waals surface area (Å²) in [6.07, 6.45) is 3.53. The van der Waals surface area contributed by atoms with E-state index in [0.29, 0.717) is 29.9 Å². The first-order chi connectivity index (χ1) is 14.5. The van der Waals surface area contributed by atoms with Crippen LogP contribution in [0.4, 0.5) is 5.82 Å². The molecule has 0 unspecified atom stereocenters. The molecule has 0 radical (unpaired) electrons. The van der Waals surface area contributed by atoms with Gasteiger partial charge in [-0.3, -0.25) is 9.40 Å². The largest absolute Gasteiger partial charge is 0.496 e. The normalized spacial score (nSPS) is 11.5. The fourth-order valence-corrected chi connectivity index (χ4v) is 4.28. The van der Waals surface area contributed by atoms with Gasteiger partial charge in [-0.2, -0.15) is 5.10 Å². The number of para-hydroxylation sites is 1. The third kappa shape index (κ3) is 3.81. The molecule has 4 rings (SSSR count). The van der Waals surface area contributed by atoms with Gasteiger partial charge in [0.15, 0.2) is 11.4 Å². The van der Waals surface area contributed by atoms with Crippen LogP contribution in [0.1, 0.15) is 12.5 Å². The van der Waals surface area contributed by atoms with Crippen LogP contribution in [0, 0.1) is 0 Å². The van der Waals surface area contributed by atoms with E-state index in [4.69, 9.17) is 14.0 Å². The first-order valence-corrected chi connectivity index (χ1v) is 10.7. The molecule has 30 heavy (non-hydrogen) atoms. The van der Waals surface area contributed by atoms with Gasteiger partial charge in [-0.15, -0.1) is 0 Å². The van der Waals surface area contributed by atoms with E-state index in [1.807, 2.05) is 12.3 Å². The number of anilines is 1. The highest BCUT2D eigenvalue weighted by molar-refractivity contribution is 7.92. The van der Waals surface area contributed by atoms with Gasteiger partial charge in [-0.1, -0.05) is 17.3 Å². The SMILES string of the molecule is CCOc1ccccc1S(=O)(=O)Nc1noc2cc(Cn3cccn3)cc(OC)c12. The van der Waals surface area contributed by atoms with E-state index < -0.39 is 10.0 Å². The predicted octanol–water partition coefficient (Wildman–Crippen LogP) is 3.28. The minimum Gasteiger partial charge on any atom is -0.496 e. The highest BCUT2D eigenvalue weighted by Crippen LogP contribution is 2.35. The Balaban J connectivity index is 1.71. The Labute approximate surface area is 173 Å². The van der Waals surface area contributed by atoms with Crippen LogP contribution in [0.25, 0.3) is 11.0 Å². The molecule has 0 atom stereocenters. The monoisotopic (exact) mass is 428 g/mol. The summed E-state index contributed by atoms with van der Waals surface area (Å²) in [4.78, 5) is 0.0114. The lowest BCUT2D eigenvalue weighted by Crippen LogP contribution is -2.15. The van der Waals surface area contributed by atoms with Crippen LogP contribution in [0.2, 0.25) is 0 Å². The van der Waals surface area contributed by atoms with E-state index in [1.54, 1.807) is 48.1 Å². The van der Waals surface area contributed by atoms with Crippen LogP contribution in [-0.4, -0.2) is 37.1 Å². The van der Waals surface area contributed by atoms with E-state index >= 15 is 0 Å². The molecule has 1 N–H and O–H groups in total. The Hall–Kier alpha value is -3.53. The predicted molar refractivity (Wildman–Crippen MR) is 110 cm³/mol. The van der Waals surface area contributed by atoms with Gasteiger partial charge >= 0.3 is 0 Å². The van der Waals surface area contributed by atoms with Crippen molar-refractivity contribution in [3.63, 3.8) is 0 Å². The number of nitrogens with zero attached hydrogens (tertiary/aromatic N) is 3. The molecule has 10 heteroatoms. The van der Waals surface area contributed by atoms with Gasteiger partial charge in [-0.25, -0.2) is 8.42 Å². The molecule has 2 heterocycles. The number of fused-ring (bicyclic) bond motifs is 1. The Morgan fingerprint density at radius 3 is 2.73 bits per heavy atom. The van der Waals surface area contributed by atoms with Crippen LogP contribution >= 0.6 is 0 Å². The highest BCUT2D eigenvalue weighted by atomic mass is 32.2. The maximum absolute atomic E-state index is 13.0. The first kappa shape index (κ1) is 19.8. The van der Waals surface area contributed by atoms with Gasteiger partial charge in [0, 0.05) is 12.4 Å². The summed E-state index contributed by atoms with van der Waals surface area (Å²) in [6, 6.07) is 11.8. The standard InChI is InChI=1S/C20H20N4O5S/c1-3-28-15-7-4-5-8-18(15)30(25,26)23-20-19-16(27-2)11-14(12-17(19)29-22-20)13-24-10-6-9-21-24/h4-12H,3,13H2,1-2H3,(H,22,23). The van der Waals surface area contributed by atoms with Crippen LogP contribution < -0.4 is 14.2 Å². The first-order valence-electron chi connectivity index (χ1n) is 9.20. The van der Waals surface area contributed by atoms with Gasteiger partial charge in [0.05, 0.1) is 20.3 Å². The van der Waals surface area contributed by atoms with Crippen molar-refractivity contribution in [2.24, 2.45) is 0 Å². The molecule has 0 bridgehead atoms. The van der Waals surface area contributed by atoms with Gasteiger partial charge in [0.25, 0.3) is 10.0 Å². The van der Waals surface area contributed by atoms with Gasteiger partial charge in [0.1, 0.15) is 21.8 Å². The lowest BCUT2D eigenvalue weighted by molar-refractivity contribution is 0.331. The number of rotatable bonds is 8. The minimum absolute atomic E-state index is 0.0114. The summed E-state index contributed by atoms with van der Waals surface area (Å²) < 4.78 is 46.5. The third-order valence-corrected chi connectivity index (χ3v) is 5.77. The van der Waals surface area contributed by atoms with Crippen molar-refractivity contribution in [1.29, 1.82) is 0 Å². The molecule has 0 amide bonds. The molecule has 9 nitrogen and oxygen atoms in total. The number of benzene rings is 2. The number of aromatic nitrogens is 3. The summed E-state index contributed by atoms with van der Waals surface area (Å²) in [5.41, 5.74) is 1.27. The van der Waals surface area contributed by atoms with Crippen molar-refractivity contribution in [3.8, 4) is 11.5 Å². The number of methoxy groups -OCH3 is 1. The van der Waals surface area contributed by atoms with Crippen LogP contribution in [-0.2, 0) is 16.6 Å². The number of hydrogen-bond donors (Lipinski definition) is 1. The topological polar surface area (TPSA) is 108 Å². The number of nitrogens with one attached hydrogen (secondary N) is 1. The third-order valence-electron chi connectivity index (χ3n) is 4.39. The Morgan fingerprint density at radius 1 is 1.17 bits per heavy atom. The molecule has 156 valence electrons. The average molecular weight is 428 g/mol. The van der Waals surface area contributed by atoms with Gasteiger partial charge < -0.3 is 14.0 Å². The van der Waals surface area contributed by atoms with Crippen molar-refractivity contribution >= 4 is 26.8 Å². The average Bonchev–Trinajstić information content (AvgIpc) is 3.38. The van der Waals surface area contributed by atoms with Crippen LogP contribution in [0.5, 0.6) is 11.5 Å². The molecule has 0 aliphatic rings. The maximum atomic E-state index is 13.0. The van der Waals surface area contributed by atoms with Crippen molar-refractivity contribution in [1.82, 2.24) is 14.9 Å². The van der Waals surface area contributed by atoms with Crippen molar-refractivity contribution < 1.29 is 22.4 Å². The molecule has 0 fully saturated rings. The molecule has 2 aromatic carbocycles. The minimum atomic E-state index is -3.97. The van der Waals surface area contributed by atoms with Crippen molar-refractivity contribution in [2.45, 2.75) is 18.4 Å². The van der Waals surface area contributed by atoms with E-state index in [-0.39, 0.29) is 16.5 Å². The van der Waals surface area contributed by atoms with E-state index in [0.717, 1.165) is 5.56 Å². The highest BCUT2D eigenvalue weighted by Gasteiger charge is 2.24. The zero-order valence-electron chi connectivity index (χ0n) is 16.4. The number of ether oxygens (including phenoxy) is 2. The van der Waals surface area contributed by atoms with Gasteiger partial charge in [0.2, 0.25) is 0 Å². The lowest BCUT2D eigenvalue weighted by Gasteiger charge is -2.12. The quantitative estimate of drug-likeness (QED) is 0.459. The van der Waals surface area contributed by atoms with Gasteiger partial charge in [-0.05, 0) is 42.8 Å². The second kappa shape index (κ2) is 8.07. The second-order valence-electron chi connectivity index (χ2n) is 6.39. The molecule has 0 saturated carbocycles. The molecule has 0 aliphatic carbocycles. The fraction of sp³-hybridized carbons (Fsp3) is 0.200. The second-order valence-corrected chi connectivity index (χ2v) is 8.04. The summed E-state index contributed by atoms with van der Waals surface area (Å²) in [5, 5.41) is 8.53. The molecule has 0 aliphatic heterocycles. The van der Waals surface area contributed by atoms with E-state index in [2.05, 4.69) is 15.0 Å². The molecular weight excluding hydrogens is 408 g/mol. The molecule has 4 aromatic rings. The zero-order chi connectivity index (χ0) is 21.1. The summed E-state index contributed by atoms with van der Waals surface area (Å²) >= 11 is 0. The molecule has 0 spiro atoms. The van der Waals surface area contributed by atoms with Crippen LogP contribution in [0.3, 0.4) is 0 Å².